The van der Waals surface area contributed by atoms with E-state index >= 15 is 0 Å². The number of benzene rings is 3. The zero-order valence-corrected chi connectivity index (χ0v) is 21.2. The van der Waals surface area contributed by atoms with Gasteiger partial charge in [-0.2, -0.15) is 26.3 Å². The van der Waals surface area contributed by atoms with Crippen LogP contribution in [0.2, 0.25) is 0 Å². The molecule has 4 rings (SSSR count). The molecule has 0 radical (unpaired) electrons. The van der Waals surface area contributed by atoms with Crippen molar-refractivity contribution in [1.82, 2.24) is 0 Å². The maximum atomic E-state index is 14.2. The summed E-state index contributed by atoms with van der Waals surface area (Å²) in [6.07, 6.45) is -11.3. The molecule has 0 spiro atoms. The van der Waals surface area contributed by atoms with Crippen LogP contribution in [0.4, 0.5) is 39.5 Å². The Morgan fingerprint density at radius 1 is 0.725 bits per heavy atom. The summed E-state index contributed by atoms with van der Waals surface area (Å²) in [5.41, 5.74) is -7.11. The number of rotatable bonds is 7. The summed E-state index contributed by atoms with van der Waals surface area (Å²) in [7, 11) is -4.24. The maximum absolute atomic E-state index is 14.2. The Morgan fingerprint density at radius 3 is 1.75 bits per heavy atom. The standard InChI is InChI=1S/C27H21F9O3S/c28-20-9-11-22(12-10-20)40(37,38)24(13-1-2-14-24)18-4-6-19(7-5-18)25(26(31,32)33,27(34,35)36)39-16-17-3-8-21(29)15-23(17)30/h3-12,15H,1-2,13-14,16H2. The van der Waals surface area contributed by atoms with Gasteiger partial charge in [-0.25, -0.2) is 21.6 Å². The lowest BCUT2D eigenvalue weighted by Gasteiger charge is -2.38. The molecule has 0 unspecified atom stereocenters. The van der Waals surface area contributed by atoms with Crippen molar-refractivity contribution in [3.8, 4) is 0 Å². The van der Waals surface area contributed by atoms with Gasteiger partial charge in [0.1, 0.15) is 22.2 Å². The maximum Gasteiger partial charge on any atom is 0.430 e. The number of sulfone groups is 1. The lowest BCUT2D eigenvalue weighted by atomic mass is 9.88. The van der Waals surface area contributed by atoms with Gasteiger partial charge in [-0.05, 0) is 48.7 Å². The summed E-state index contributed by atoms with van der Waals surface area (Å²) >= 11 is 0. The van der Waals surface area contributed by atoms with Crippen molar-refractivity contribution in [1.29, 1.82) is 0 Å². The van der Waals surface area contributed by atoms with Crippen molar-refractivity contribution in [3.05, 3.63) is 101 Å². The predicted molar refractivity (Wildman–Crippen MR) is 125 cm³/mol. The SMILES string of the molecule is O=S(=O)(c1ccc(F)cc1)C1(c2ccc(C(OCc3ccc(F)cc3F)(C(F)(F)F)C(F)(F)F)cc2)CCCC1. The van der Waals surface area contributed by atoms with E-state index in [0.29, 0.717) is 43.2 Å². The highest BCUT2D eigenvalue weighted by molar-refractivity contribution is 7.92. The number of hydrogen-bond acceptors (Lipinski definition) is 3. The summed E-state index contributed by atoms with van der Waals surface area (Å²) < 4.78 is 156. The fraction of sp³-hybridized carbons (Fsp3) is 0.333. The summed E-state index contributed by atoms with van der Waals surface area (Å²) in [6, 6.07) is 8.26. The first kappa shape index (κ1) is 29.9. The average Bonchev–Trinajstić information content (AvgIpc) is 3.36. The summed E-state index contributed by atoms with van der Waals surface area (Å²) in [5, 5.41) is 0. The van der Waals surface area contributed by atoms with Gasteiger partial charge < -0.3 is 4.74 Å². The molecule has 13 heteroatoms. The molecule has 0 amide bonds. The first-order valence-electron chi connectivity index (χ1n) is 11.9. The minimum Gasteiger partial charge on any atom is -0.349 e. The predicted octanol–water partition coefficient (Wildman–Crippen LogP) is 7.88. The average molecular weight is 597 g/mol. The van der Waals surface area contributed by atoms with E-state index in [4.69, 9.17) is 0 Å². The molecule has 1 aliphatic rings. The Morgan fingerprint density at radius 2 is 1.25 bits per heavy atom. The van der Waals surface area contributed by atoms with Crippen LogP contribution in [-0.2, 0) is 31.5 Å². The van der Waals surface area contributed by atoms with E-state index in [1.165, 1.54) is 0 Å². The van der Waals surface area contributed by atoms with Gasteiger partial charge in [-0.15, -0.1) is 0 Å². The second-order valence-electron chi connectivity index (χ2n) is 9.44. The highest BCUT2D eigenvalue weighted by atomic mass is 32.2. The summed E-state index contributed by atoms with van der Waals surface area (Å²) in [5.74, 6) is -3.19. The largest absolute Gasteiger partial charge is 0.430 e. The van der Waals surface area contributed by atoms with Crippen molar-refractivity contribution in [2.75, 3.05) is 0 Å². The van der Waals surface area contributed by atoms with Crippen LogP contribution in [0, 0.1) is 17.5 Å². The molecule has 0 heterocycles. The molecular formula is C27H21F9O3S. The van der Waals surface area contributed by atoms with E-state index < -0.39 is 67.7 Å². The van der Waals surface area contributed by atoms with E-state index in [9.17, 15) is 47.9 Å². The highest BCUT2D eigenvalue weighted by Crippen LogP contribution is 2.54. The number of hydrogen-bond donors (Lipinski definition) is 0. The molecule has 216 valence electrons. The van der Waals surface area contributed by atoms with Crippen LogP contribution in [-0.4, -0.2) is 20.8 Å². The fourth-order valence-electron chi connectivity index (χ4n) is 5.07. The van der Waals surface area contributed by atoms with Crippen molar-refractivity contribution >= 4 is 9.84 Å². The molecule has 0 aliphatic heterocycles. The molecule has 0 bridgehead atoms. The van der Waals surface area contributed by atoms with Crippen LogP contribution in [0.3, 0.4) is 0 Å². The summed E-state index contributed by atoms with van der Waals surface area (Å²) in [4.78, 5) is -0.246. The number of alkyl halides is 6. The van der Waals surface area contributed by atoms with Crippen LogP contribution in [0.25, 0.3) is 0 Å². The molecule has 1 saturated carbocycles. The fourth-order valence-corrected chi connectivity index (χ4v) is 7.28. The van der Waals surface area contributed by atoms with Gasteiger partial charge in [0.15, 0.2) is 9.84 Å². The quantitative estimate of drug-likeness (QED) is 0.206. The van der Waals surface area contributed by atoms with Crippen LogP contribution < -0.4 is 0 Å². The second kappa shape index (κ2) is 10.4. The molecule has 0 N–H and O–H groups in total. The number of ether oxygens (including phenoxy) is 1. The zero-order chi connectivity index (χ0) is 29.6. The molecule has 0 saturated heterocycles. The van der Waals surface area contributed by atoms with Gasteiger partial charge in [0, 0.05) is 17.2 Å². The molecule has 40 heavy (non-hydrogen) atoms. The van der Waals surface area contributed by atoms with Gasteiger partial charge >= 0.3 is 12.4 Å². The molecule has 3 nitrogen and oxygen atoms in total. The first-order chi connectivity index (χ1) is 18.5. The van der Waals surface area contributed by atoms with Gasteiger partial charge in [0.2, 0.25) is 0 Å². The topological polar surface area (TPSA) is 43.4 Å². The third-order valence-corrected chi connectivity index (χ3v) is 9.69. The van der Waals surface area contributed by atoms with Crippen LogP contribution in [0.15, 0.2) is 71.6 Å². The smallest absolute Gasteiger partial charge is 0.349 e. The van der Waals surface area contributed by atoms with Crippen molar-refractivity contribution in [3.63, 3.8) is 0 Å². The highest BCUT2D eigenvalue weighted by Gasteiger charge is 2.73. The lowest BCUT2D eigenvalue weighted by Crippen LogP contribution is -2.55. The Labute approximate surface area is 223 Å². The van der Waals surface area contributed by atoms with Crippen LogP contribution in [0.5, 0.6) is 0 Å². The Bertz CT molecular complexity index is 1440. The Hall–Kier alpha value is -3.06. The van der Waals surface area contributed by atoms with E-state index in [-0.39, 0.29) is 23.3 Å². The van der Waals surface area contributed by atoms with Gasteiger partial charge in [0.05, 0.1) is 11.5 Å². The molecular weight excluding hydrogens is 575 g/mol. The minimum absolute atomic E-state index is 0.0378. The van der Waals surface area contributed by atoms with Crippen molar-refractivity contribution in [2.45, 2.75) is 59.9 Å². The van der Waals surface area contributed by atoms with Gasteiger partial charge in [-0.1, -0.05) is 43.2 Å². The molecule has 3 aromatic carbocycles. The monoisotopic (exact) mass is 596 g/mol. The lowest BCUT2D eigenvalue weighted by molar-refractivity contribution is -0.392. The van der Waals surface area contributed by atoms with Gasteiger partial charge in [0.25, 0.3) is 5.60 Å². The third kappa shape index (κ3) is 4.98. The molecule has 0 aromatic heterocycles. The van der Waals surface area contributed by atoms with Crippen molar-refractivity contribution in [2.24, 2.45) is 0 Å². The number of halogens is 9. The third-order valence-electron chi connectivity index (χ3n) is 7.12. The summed E-state index contributed by atoms with van der Waals surface area (Å²) in [6.45, 7) is -1.50. The first-order valence-corrected chi connectivity index (χ1v) is 13.4. The minimum atomic E-state index is -6.09. The molecule has 1 fully saturated rings. The van der Waals surface area contributed by atoms with E-state index in [0.717, 1.165) is 36.4 Å². The molecule has 3 aromatic rings. The van der Waals surface area contributed by atoms with E-state index in [1.54, 1.807) is 0 Å². The molecule has 0 atom stereocenters. The Kier molecular flexibility index (Phi) is 7.78. The van der Waals surface area contributed by atoms with Crippen molar-refractivity contribution < 1.29 is 52.7 Å². The van der Waals surface area contributed by atoms with Crippen LogP contribution >= 0.6 is 0 Å². The second-order valence-corrected chi connectivity index (χ2v) is 11.7. The normalized spacial score (nSPS) is 16.3. The molecule has 1 aliphatic carbocycles. The van der Waals surface area contributed by atoms with Gasteiger partial charge in [-0.3, -0.25) is 0 Å². The van der Waals surface area contributed by atoms with Crippen LogP contribution in [0.1, 0.15) is 42.4 Å². The van der Waals surface area contributed by atoms with E-state index in [1.807, 2.05) is 0 Å². The van der Waals surface area contributed by atoms with E-state index in [2.05, 4.69) is 4.74 Å². The Balaban J connectivity index is 1.80. The zero-order valence-electron chi connectivity index (χ0n) is 20.4.